The first-order valence-electron chi connectivity index (χ1n) is 8.38. The predicted molar refractivity (Wildman–Crippen MR) is 90.6 cm³/mol. The third kappa shape index (κ3) is 3.36. The molecular formula is C18H22ClNO4. The molecule has 1 aliphatic heterocycles. The molecular weight excluding hydrogens is 330 g/mol. The number of carbonyl (C=O) groups excluding carboxylic acids is 1. The minimum absolute atomic E-state index is 0.139. The molecule has 1 aromatic carbocycles. The van der Waals surface area contributed by atoms with E-state index in [2.05, 4.69) is 0 Å². The molecule has 0 aromatic heterocycles. The van der Waals surface area contributed by atoms with Gasteiger partial charge in [0, 0.05) is 18.1 Å². The van der Waals surface area contributed by atoms with Gasteiger partial charge in [-0.15, -0.1) is 0 Å². The summed E-state index contributed by atoms with van der Waals surface area (Å²) in [6.45, 7) is 2.31. The van der Waals surface area contributed by atoms with Gasteiger partial charge >= 0.3 is 5.97 Å². The van der Waals surface area contributed by atoms with E-state index >= 15 is 0 Å². The lowest BCUT2D eigenvalue weighted by atomic mass is 9.90. The number of nitrogens with zero attached hydrogens (tertiary/aromatic N) is 1. The Morgan fingerprint density at radius 2 is 2.04 bits per heavy atom. The average Bonchev–Trinajstić information content (AvgIpc) is 3.19. The van der Waals surface area contributed by atoms with Crippen LogP contribution in [-0.2, 0) is 4.79 Å². The van der Waals surface area contributed by atoms with Crippen molar-refractivity contribution in [2.45, 2.75) is 45.1 Å². The highest BCUT2D eigenvalue weighted by Gasteiger charge is 2.42. The topological polar surface area (TPSA) is 66.8 Å². The fourth-order valence-corrected chi connectivity index (χ4v) is 3.61. The van der Waals surface area contributed by atoms with Gasteiger partial charge < -0.3 is 14.7 Å². The van der Waals surface area contributed by atoms with Crippen LogP contribution >= 0.6 is 11.6 Å². The molecule has 1 heterocycles. The molecule has 6 heteroatoms. The van der Waals surface area contributed by atoms with Crippen LogP contribution in [0.1, 0.15) is 49.4 Å². The zero-order valence-corrected chi connectivity index (χ0v) is 14.5. The number of hydrogen-bond donors (Lipinski definition) is 1. The largest absolute Gasteiger partial charge is 0.490 e. The lowest BCUT2D eigenvalue weighted by Gasteiger charge is -2.22. The summed E-state index contributed by atoms with van der Waals surface area (Å²) in [5.41, 5.74) is -0.468. The summed E-state index contributed by atoms with van der Waals surface area (Å²) in [7, 11) is 0. The molecule has 1 saturated carbocycles. The zero-order chi connectivity index (χ0) is 17.3. The predicted octanol–water partition coefficient (Wildman–Crippen LogP) is 3.60. The van der Waals surface area contributed by atoms with Crippen molar-refractivity contribution in [3.63, 3.8) is 0 Å². The number of carboxylic acids is 1. The average molecular weight is 352 g/mol. The van der Waals surface area contributed by atoms with Crippen LogP contribution in [0, 0.1) is 5.41 Å². The Kier molecular flexibility index (Phi) is 4.72. The van der Waals surface area contributed by atoms with Crippen LogP contribution in [0.4, 0.5) is 0 Å². The first-order chi connectivity index (χ1) is 11.4. The summed E-state index contributed by atoms with van der Waals surface area (Å²) in [5.74, 6) is -0.540. The molecule has 1 unspecified atom stereocenters. The van der Waals surface area contributed by atoms with Crippen LogP contribution in [0.25, 0.3) is 0 Å². The number of amides is 1. The molecule has 3 rings (SSSR count). The highest BCUT2D eigenvalue weighted by molar-refractivity contribution is 6.31. The lowest BCUT2D eigenvalue weighted by molar-refractivity contribution is -0.147. The molecule has 2 aliphatic rings. The molecule has 1 N–H and O–H groups in total. The molecule has 1 atom stereocenters. The molecule has 0 bridgehead atoms. The number of rotatable bonds is 4. The van der Waals surface area contributed by atoms with Crippen molar-refractivity contribution in [1.82, 2.24) is 4.90 Å². The van der Waals surface area contributed by atoms with E-state index in [1.807, 2.05) is 0 Å². The molecule has 0 spiro atoms. The van der Waals surface area contributed by atoms with E-state index in [9.17, 15) is 14.7 Å². The smallest absolute Gasteiger partial charge is 0.311 e. The van der Waals surface area contributed by atoms with E-state index < -0.39 is 11.4 Å². The number of hydrogen-bond acceptors (Lipinski definition) is 3. The fourth-order valence-electron chi connectivity index (χ4n) is 3.44. The van der Waals surface area contributed by atoms with Crippen molar-refractivity contribution in [3.05, 3.63) is 28.8 Å². The van der Waals surface area contributed by atoms with Crippen LogP contribution in [0.15, 0.2) is 18.2 Å². The second kappa shape index (κ2) is 6.63. The van der Waals surface area contributed by atoms with Gasteiger partial charge in [0.1, 0.15) is 5.75 Å². The summed E-state index contributed by atoms with van der Waals surface area (Å²) in [4.78, 5) is 25.9. The maximum Gasteiger partial charge on any atom is 0.311 e. The summed E-state index contributed by atoms with van der Waals surface area (Å²) in [6, 6.07) is 5.07. The minimum Gasteiger partial charge on any atom is -0.490 e. The van der Waals surface area contributed by atoms with Crippen LogP contribution in [0.2, 0.25) is 5.02 Å². The summed E-state index contributed by atoms with van der Waals surface area (Å²) < 4.78 is 6.02. The quantitative estimate of drug-likeness (QED) is 0.900. The third-order valence-electron chi connectivity index (χ3n) is 5.04. The fraction of sp³-hybridized carbons (Fsp3) is 0.556. The minimum atomic E-state index is -0.888. The molecule has 130 valence electrons. The molecule has 1 saturated heterocycles. The van der Waals surface area contributed by atoms with E-state index in [0.29, 0.717) is 29.3 Å². The van der Waals surface area contributed by atoms with Crippen LogP contribution in [0.5, 0.6) is 5.75 Å². The number of carbonyl (C=O) groups is 2. The second-order valence-corrected chi connectivity index (χ2v) is 7.44. The standard InChI is InChI=1S/C18H22ClNO4/c1-18(17(22)23)8-9-20(11-18)16(21)14-10-12(19)6-7-15(14)24-13-4-2-3-5-13/h6-7,10,13H,2-5,8-9,11H2,1H3,(H,22,23). The van der Waals surface area contributed by atoms with Gasteiger partial charge in [-0.05, 0) is 57.2 Å². The van der Waals surface area contributed by atoms with Crippen molar-refractivity contribution in [1.29, 1.82) is 0 Å². The van der Waals surface area contributed by atoms with E-state index in [0.717, 1.165) is 25.7 Å². The summed E-state index contributed by atoms with van der Waals surface area (Å²) >= 11 is 6.07. The number of ether oxygens (including phenoxy) is 1. The van der Waals surface area contributed by atoms with Crippen LogP contribution in [0.3, 0.4) is 0 Å². The van der Waals surface area contributed by atoms with Gasteiger partial charge in [0.15, 0.2) is 0 Å². The summed E-state index contributed by atoms with van der Waals surface area (Å²) in [5, 5.41) is 9.82. The molecule has 0 radical (unpaired) electrons. The highest BCUT2D eigenvalue weighted by Crippen LogP contribution is 2.34. The highest BCUT2D eigenvalue weighted by atomic mass is 35.5. The zero-order valence-electron chi connectivity index (χ0n) is 13.8. The van der Waals surface area contributed by atoms with Gasteiger partial charge in [0.05, 0.1) is 17.1 Å². The Morgan fingerprint density at radius 1 is 1.33 bits per heavy atom. The molecule has 5 nitrogen and oxygen atoms in total. The third-order valence-corrected chi connectivity index (χ3v) is 5.28. The molecule has 1 aromatic rings. The van der Waals surface area contributed by atoms with E-state index in [1.54, 1.807) is 30.0 Å². The van der Waals surface area contributed by atoms with E-state index in [-0.39, 0.29) is 18.6 Å². The van der Waals surface area contributed by atoms with Crippen molar-refractivity contribution >= 4 is 23.5 Å². The molecule has 1 amide bonds. The van der Waals surface area contributed by atoms with Gasteiger partial charge in [-0.2, -0.15) is 0 Å². The number of benzene rings is 1. The number of likely N-dealkylation sites (tertiary alicyclic amines) is 1. The van der Waals surface area contributed by atoms with Gasteiger partial charge in [0.2, 0.25) is 0 Å². The molecule has 24 heavy (non-hydrogen) atoms. The number of carboxylic acid groups (broad SMARTS) is 1. The van der Waals surface area contributed by atoms with E-state index in [1.165, 1.54) is 0 Å². The Bertz CT molecular complexity index is 656. The Hall–Kier alpha value is -1.75. The van der Waals surface area contributed by atoms with Gasteiger partial charge in [-0.3, -0.25) is 9.59 Å². The van der Waals surface area contributed by atoms with Gasteiger partial charge in [0.25, 0.3) is 5.91 Å². The van der Waals surface area contributed by atoms with Crippen LogP contribution < -0.4 is 4.74 Å². The second-order valence-electron chi connectivity index (χ2n) is 7.01. The Morgan fingerprint density at radius 3 is 2.67 bits per heavy atom. The van der Waals surface area contributed by atoms with Crippen LogP contribution in [-0.4, -0.2) is 41.1 Å². The first kappa shape index (κ1) is 17.1. The van der Waals surface area contributed by atoms with Gasteiger partial charge in [-0.1, -0.05) is 11.6 Å². The SMILES string of the molecule is CC1(C(=O)O)CCN(C(=O)c2cc(Cl)ccc2OC2CCCC2)C1. The maximum atomic E-state index is 12.9. The molecule has 2 fully saturated rings. The lowest BCUT2D eigenvalue weighted by Crippen LogP contribution is -2.35. The number of aliphatic carboxylic acids is 1. The van der Waals surface area contributed by atoms with Crippen molar-refractivity contribution in [2.75, 3.05) is 13.1 Å². The van der Waals surface area contributed by atoms with Crippen molar-refractivity contribution < 1.29 is 19.4 Å². The maximum absolute atomic E-state index is 12.9. The monoisotopic (exact) mass is 351 g/mol. The summed E-state index contributed by atoms with van der Waals surface area (Å²) in [6.07, 6.45) is 4.87. The van der Waals surface area contributed by atoms with Crippen molar-refractivity contribution in [2.24, 2.45) is 5.41 Å². The normalized spacial score (nSPS) is 24.3. The first-order valence-corrected chi connectivity index (χ1v) is 8.76. The van der Waals surface area contributed by atoms with Gasteiger partial charge in [-0.25, -0.2) is 0 Å². The number of halogens is 1. The van der Waals surface area contributed by atoms with Crippen molar-refractivity contribution in [3.8, 4) is 5.75 Å². The Balaban J connectivity index is 1.81. The molecule has 1 aliphatic carbocycles. The Labute approximate surface area is 146 Å². The van der Waals surface area contributed by atoms with E-state index in [4.69, 9.17) is 16.3 Å².